The molecule has 0 unspecified atom stereocenters. The molecule has 2 aromatic carbocycles. The second kappa shape index (κ2) is 8.18. The predicted octanol–water partition coefficient (Wildman–Crippen LogP) is 4.08. The van der Waals surface area contributed by atoms with Gasteiger partial charge in [-0.1, -0.05) is 54.9 Å². The summed E-state index contributed by atoms with van der Waals surface area (Å²) in [6.45, 7) is 5.94. The summed E-state index contributed by atoms with van der Waals surface area (Å²) >= 11 is 5.92. The molecule has 0 saturated heterocycles. The zero-order valence-electron chi connectivity index (χ0n) is 12.8. The first-order valence-corrected chi connectivity index (χ1v) is 7.76. The highest BCUT2D eigenvalue weighted by Crippen LogP contribution is 2.13. The molecule has 3 heteroatoms. The fourth-order valence-electron chi connectivity index (χ4n) is 2.38. The van der Waals surface area contributed by atoms with Crippen LogP contribution in [0.4, 0.5) is 0 Å². The molecule has 0 saturated carbocycles. The van der Waals surface area contributed by atoms with Crippen LogP contribution in [0.5, 0.6) is 0 Å². The fourth-order valence-corrected chi connectivity index (χ4v) is 2.50. The predicted molar refractivity (Wildman–Crippen MR) is 90.4 cm³/mol. The first kappa shape index (κ1) is 16.0. The fraction of sp³-hybridized carbons (Fsp3) is 0.333. The number of halogens is 1. The van der Waals surface area contributed by atoms with E-state index in [1.807, 2.05) is 12.1 Å². The maximum Gasteiger partial charge on any atom is 0.0406 e. The minimum atomic E-state index is 0.789. The van der Waals surface area contributed by atoms with Crippen molar-refractivity contribution >= 4 is 11.6 Å². The molecular weight excluding hydrogens is 280 g/mol. The lowest BCUT2D eigenvalue weighted by atomic mass is 10.1. The van der Waals surface area contributed by atoms with Gasteiger partial charge in [-0.15, -0.1) is 0 Å². The Bertz CT molecular complexity index is 551. The van der Waals surface area contributed by atoms with E-state index in [4.69, 9.17) is 11.6 Å². The lowest BCUT2D eigenvalue weighted by Crippen LogP contribution is -2.17. The van der Waals surface area contributed by atoms with Crippen LogP contribution in [0.3, 0.4) is 0 Å². The standard InChI is InChI=1S/C18H23ClN2/c1-3-20-12-16-5-4-6-17(11-16)14-21(2)13-15-7-9-18(19)10-8-15/h4-11,20H,3,12-14H2,1-2H3. The van der Waals surface area contributed by atoms with E-state index in [0.29, 0.717) is 0 Å². The van der Waals surface area contributed by atoms with Crippen molar-refractivity contribution < 1.29 is 0 Å². The van der Waals surface area contributed by atoms with Gasteiger partial charge in [0.15, 0.2) is 0 Å². The average Bonchev–Trinajstić information content (AvgIpc) is 2.48. The molecule has 2 nitrogen and oxygen atoms in total. The summed E-state index contributed by atoms with van der Waals surface area (Å²) < 4.78 is 0. The molecule has 0 aliphatic heterocycles. The van der Waals surface area contributed by atoms with Gasteiger partial charge in [0.2, 0.25) is 0 Å². The van der Waals surface area contributed by atoms with Crippen LogP contribution in [0, 0.1) is 0 Å². The lowest BCUT2D eigenvalue weighted by Gasteiger charge is -2.17. The molecule has 0 aliphatic carbocycles. The number of nitrogens with zero attached hydrogens (tertiary/aromatic N) is 1. The Balaban J connectivity index is 1.92. The van der Waals surface area contributed by atoms with Gasteiger partial charge in [0.05, 0.1) is 0 Å². The Morgan fingerprint density at radius 3 is 2.33 bits per heavy atom. The normalized spacial score (nSPS) is 11.0. The highest BCUT2D eigenvalue weighted by atomic mass is 35.5. The van der Waals surface area contributed by atoms with E-state index in [2.05, 4.69) is 60.6 Å². The van der Waals surface area contributed by atoms with Crippen molar-refractivity contribution in [1.82, 2.24) is 10.2 Å². The first-order valence-electron chi connectivity index (χ1n) is 7.39. The van der Waals surface area contributed by atoms with Crippen LogP contribution in [-0.4, -0.2) is 18.5 Å². The minimum Gasteiger partial charge on any atom is -0.313 e. The Morgan fingerprint density at radius 1 is 0.952 bits per heavy atom. The van der Waals surface area contributed by atoms with Crippen molar-refractivity contribution in [2.75, 3.05) is 13.6 Å². The van der Waals surface area contributed by atoms with E-state index >= 15 is 0 Å². The average molecular weight is 303 g/mol. The molecular formula is C18H23ClN2. The molecule has 21 heavy (non-hydrogen) atoms. The quantitative estimate of drug-likeness (QED) is 0.829. The molecule has 1 N–H and O–H groups in total. The monoisotopic (exact) mass is 302 g/mol. The summed E-state index contributed by atoms with van der Waals surface area (Å²) in [5, 5.41) is 4.15. The molecule has 0 amide bonds. The number of rotatable bonds is 7. The van der Waals surface area contributed by atoms with Gasteiger partial charge < -0.3 is 5.32 Å². The SMILES string of the molecule is CCNCc1cccc(CN(C)Cc2ccc(Cl)cc2)c1. The molecule has 0 aromatic heterocycles. The highest BCUT2D eigenvalue weighted by molar-refractivity contribution is 6.30. The number of hydrogen-bond donors (Lipinski definition) is 1. The van der Waals surface area contributed by atoms with Gasteiger partial charge in [-0.05, 0) is 42.4 Å². The van der Waals surface area contributed by atoms with Crippen molar-refractivity contribution in [2.24, 2.45) is 0 Å². The van der Waals surface area contributed by atoms with Crippen molar-refractivity contribution in [3.05, 3.63) is 70.2 Å². The van der Waals surface area contributed by atoms with E-state index in [9.17, 15) is 0 Å². The Morgan fingerprint density at radius 2 is 1.62 bits per heavy atom. The van der Waals surface area contributed by atoms with Gasteiger partial charge in [0, 0.05) is 24.7 Å². The Kier molecular flexibility index (Phi) is 6.24. The highest BCUT2D eigenvalue weighted by Gasteiger charge is 2.03. The van der Waals surface area contributed by atoms with Gasteiger partial charge in [-0.3, -0.25) is 4.90 Å². The van der Waals surface area contributed by atoms with Crippen LogP contribution in [0.2, 0.25) is 5.02 Å². The molecule has 0 heterocycles. The van der Waals surface area contributed by atoms with E-state index in [1.54, 1.807) is 0 Å². The molecule has 0 radical (unpaired) electrons. The molecule has 0 atom stereocenters. The lowest BCUT2D eigenvalue weighted by molar-refractivity contribution is 0.319. The number of benzene rings is 2. The second-order valence-corrected chi connectivity index (χ2v) is 5.84. The third kappa shape index (κ3) is 5.50. The van der Waals surface area contributed by atoms with Crippen molar-refractivity contribution in [2.45, 2.75) is 26.6 Å². The number of nitrogens with one attached hydrogen (secondary N) is 1. The molecule has 2 rings (SSSR count). The smallest absolute Gasteiger partial charge is 0.0406 e. The summed E-state index contributed by atoms with van der Waals surface area (Å²) in [5.41, 5.74) is 3.97. The van der Waals surface area contributed by atoms with E-state index in [1.165, 1.54) is 16.7 Å². The van der Waals surface area contributed by atoms with E-state index in [0.717, 1.165) is 31.2 Å². The van der Waals surface area contributed by atoms with Crippen molar-refractivity contribution in [1.29, 1.82) is 0 Å². The largest absolute Gasteiger partial charge is 0.313 e. The molecule has 0 aliphatic rings. The molecule has 0 spiro atoms. The van der Waals surface area contributed by atoms with Crippen LogP contribution in [-0.2, 0) is 19.6 Å². The number of hydrogen-bond acceptors (Lipinski definition) is 2. The van der Waals surface area contributed by atoms with Crippen LogP contribution >= 0.6 is 11.6 Å². The van der Waals surface area contributed by atoms with Crippen LogP contribution < -0.4 is 5.32 Å². The molecule has 2 aromatic rings. The Hall–Kier alpha value is -1.35. The van der Waals surface area contributed by atoms with Gasteiger partial charge in [-0.25, -0.2) is 0 Å². The maximum absolute atomic E-state index is 5.92. The van der Waals surface area contributed by atoms with E-state index in [-0.39, 0.29) is 0 Å². The summed E-state index contributed by atoms with van der Waals surface area (Å²) in [5.74, 6) is 0. The van der Waals surface area contributed by atoms with Crippen LogP contribution in [0.1, 0.15) is 23.6 Å². The van der Waals surface area contributed by atoms with E-state index < -0.39 is 0 Å². The summed E-state index contributed by atoms with van der Waals surface area (Å²) in [4.78, 5) is 2.32. The van der Waals surface area contributed by atoms with Crippen LogP contribution in [0.25, 0.3) is 0 Å². The summed E-state index contributed by atoms with van der Waals surface area (Å²) in [6, 6.07) is 16.8. The third-order valence-corrected chi connectivity index (χ3v) is 3.64. The third-order valence-electron chi connectivity index (χ3n) is 3.39. The molecule has 0 fully saturated rings. The topological polar surface area (TPSA) is 15.3 Å². The summed E-state index contributed by atoms with van der Waals surface area (Å²) in [7, 11) is 2.14. The molecule has 0 bridgehead atoms. The van der Waals surface area contributed by atoms with Crippen molar-refractivity contribution in [3.8, 4) is 0 Å². The van der Waals surface area contributed by atoms with Gasteiger partial charge in [-0.2, -0.15) is 0 Å². The molecule has 112 valence electrons. The second-order valence-electron chi connectivity index (χ2n) is 5.40. The van der Waals surface area contributed by atoms with Crippen molar-refractivity contribution in [3.63, 3.8) is 0 Å². The zero-order valence-corrected chi connectivity index (χ0v) is 13.5. The van der Waals surface area contributed by atoms with Crippen LogP contribution in [0.15, 0.2) is 48.5 Å². The minimum absolute atomic E-state index is 0.789. The van der Waals surface area contributed by atoms with Gasteiger partial charge in [0.25, 0.3) is 0 Å². The Labute approximate surface area is 132 Å². The maximum atomic E-state index is 5.92. The van der Waals surface area contributed by atoms with Gasteiger partial charge >= 0.3 is 0 Å². The first-order chi connectivity index (χ1) is 10.2. The van der Waals surface area contributed by atoms with Gasteiger partial charge in [0.1, 0.15) is 0 Å². The zero-order chi connectivity index (χ0) is 15.1. The summed E-state index contributed by atoms with van der Waals surface area (Å²) in [6.07, 6.45) is 0.